The molecule has 3 heteroatoms. The molecule has 1 aliphatic rings. The molecule has 1 aromatic carbocycles. The first kappa shape index (κ1) is 11.6. The van der Waals surface area contributed by atoms with Crippen LogP contribution in [-0.2, 0) is 4.74 Å². The van der Waals surface area contributed by atoms with E-state index in [0.29, 0.717) is 6.10 Å². The highest BCUT2D eigenvalue weighted by Crippen LogP contribution is 2.31. The molecule has 3 nitrogen and oxygen atoms in total. The highest BCUT2D eigenvalue weighted by molar-refractivity contribution is 5.90. The molecule has 0 amide bonds. The van der Waals surface area contributed by atoms with E-state index >= 15 is 0 Å². The van der Waals surface area contributed by atoms with Crippen LogP contribution in [0.5, 0.6) is 0 Å². The average molecular weight is 244 g/mol. The van der Waals surface area contributed by atoms with Crippen LogP contribution in [0.25, 0.3) is 10.9 Å². The van der Waals surface area contributed by atoms with Crippen LogP contribution < -0.4 is 5.32 Å². The molecule has 2 N–H and O–H groups in total. The monoisotopic (exact) mass is 244 g/mol. The minimum Gasteiger partial charge on any atom is -0.383 e. The maximum atomic E-state index is 5.58. The number of aromatic nitrogens is 1. The Kier molecular flexibility index (Phi) is 3.24. The van der Waals surface area contributed by atoms with Crippen molar-refractivity contribution in [3.05, 3.63) is 30.5 Å². The highest BCUT2D eigenvalue weighted by Gasteiger charge is 2.29. The highest BCUT2D eigenvalue weighted by atomic mass is 16.5. The van der Waals surface area contributed by atoms with Crippen LogP contribution in [0.4, 0.5) is 5.69 Å². The second-order valence-electron chi connectivity index (χ2n) is 5.04. The lowest BCUT2D eigenvalue weighted by atomic mass is 9.82. The van der Waals surface area contributed by atoms with Crippen LogP contribution in [0.3, 0.4) is 0 Å². The predicted molar refractivity (Wildman–Crippen MR) is 74.9 cm³/mol. The van der Waals surface area contributed by atoms with E-state index in [9.17, 15) is 0 Å². The number of para-hydroxylation sites is 1. The fraction of sp³-hybridized carbons (Fsp3) is 0.467. The van der Waals surface area contributed by atoms with E-state index in [1.54, 1.807) is 0 Å². The standard InChI is InChI=1S/C15H20N2O/c1-2-18-13-8-11(9-13)10-17-14-5-3-4-12-6-7-16-15(12)14/h3-7,11,13,16-17H,2,8-10H2,1H3. The van der Waals surface area contributed by atoms with E-state index in [-0.39, 0.29) is 0 Å². The number of hydrogen-bond donors (Lipinski definition) is 2. The van der Waals surface area contributed by atoms with E-state index in [4.69, 9.17) is 4.74 Å². The minimum atomic E-state index is 0.503. The number of benzene rings is 1. The van der Waals surface area contributed by atoms with Crippen LogP contribution >= 0.6 is 0 Å². The smallest absolute Gasteiger partial charge is 0.0689 e. The van der Waals surface area contributed by atoms with E-state index in [1.165, 1.54) is 29.4 Å². The lowest BCUT2D eigenvalue weighted by Crippen LogP contribution is -2.35. The summed E-state index contributed by atoms with van der Waals surface area (Å²) in [5.74, 6) is 0.756. The summed E-state index contributed by atoms with van der Waals surface area (Å²) in [5.41, 5.74) is 2.41. The molecule has 0 atom stereocenters. The first-order chi connectivity index (χ1) is 8.86. The molecule has 1 aromatic heterocycles. The van der Waals surface area contributed by atoms with Crippen molar-refractivity contribution in [3.8, 4) is 0 Å². The molecule has 0 unspecified atom stereocenters. The molecule has 1 saturated carbocycles. The predicted octanol–water partition coefficient (Wildman–Crippen LogP) is 3.39. The van der Waals surface area contributed by atoms with Crippen LogP contribution in [0.2, 0.25) is 0 Å². The Morgan fingerprint density at radius 2 is 2.22 bits per heavy atom. The molecule has 0 spiro atoms. The third kappa shape index (κ3) is 2.23. The molecule has 18 heavy (non-hydrogen) atoms. The van der Waals surface area contributed by atoms with E-state index in [0.717, 1.165) is 19.1 Å². The molecule has 1 heterocycles. The van der Waals surface area contributed by atoms with Gasteiger partial charge in [0.25, 0.3) is 0 Å². The summed E-state index contributed by atoms with van der Waals surface area (Å²) in [6.07, 6.45) is 4.89. The average Bonchev–Trinajstić information content (AvgIpc) is 2.80. The van der Waals surface area contributed by atoms with Crippen molar-refractivity contribution in [1.82, 2.24) is 4.98 Å². The van der Waals surface area contributed by atoms with Gasteiger partial charge in [-0.1, -0.05) is 12.1 Å². The Hall–Kier alpha value is -1.48. The summed E-state index contributed by atoms with van der Waals surface area (Å²) in [4.78, 5) is 3.29. The van der Waals surface area contributed by atoms with Gasteiger partial charge in [0.05, 0.1) is 17.3 Å². The van der Waals surface area contributed by atoms with E-state index < -0.39 is 0 Å². The van der Waals surface area contributed by atoms with Gasteiger partial charge in [0.2, 0.25) is 0 Å². The van der Waals surface area contributed by atoms with Gasteiger partial charge in [-0.2, -0.15) is 0 Å². The van der Waals surface area contributed by atoms with E-state index in [1.807, 2.05) is 6.20 Å². The van der Waals surface area contributed by atoms with Crippen LogP contribution in [0.15, 0.2) is 30.5 Å². The molecule has 1 fully saturated rings. The van der Waals surface area contributed by atoms with Gasteiger partial charge in [-0.15, -0.1) is 0 Å². The Balaban J connectivity index is 1.56. The number of rotatable bonds is 5. The summed E-state index contributed by atoms with van der Waals surface area (Å²) in [6.45, 7) is 3.95. The fourth-order valence-electron chi connectivity index (χ4n) is 2.70. The zero-order valence-corrected chi connectivity index (χ0v) is 10.8. The van der Waals surface area contributed by atoms with Crippen molar-refractivity contribution in [3.63, 3.8) is 0 Å². The van der Waals surface area contributed by atoms with Gasteiger partial charge >= 0.3 is 0 Å². The summed E-state index contributed by atoms with van der Waals surface area (Å²) < 4.78 is 5.58. The number of ether oxygens (including phenoxy) is 1. The molecule has 96 valence electrons. The van der Waals surface area contributed by atoms with Gasteiger partial charge in [0.1, 0.15) is 0 Å². The van der Waals surface area contributed by atoms with Gasteiger partial charge in [0, 0.05) is 24.7 Å². The SMILES string of the molecule is CCOC1CC(CNc2cccc3cc[nH]c23)C1. The van der Waals surface area contributed by atoms with Crippen LogP contribution in [-0.4, -0.2) is 24.2 Å². The molecule has 0 aliphatic heterocycles. The maximum absolute atomic E-state index is 5.58. The van der Waals surface area contributed by atoms with Crippen molar-refractivity contribution >= 4 is 16.6 Å². The Morgan fingerprint density at radius 1 is 1.33 bits per heavy atom. The van der Waals surface area contributed by atoms with Gasteiger partial charge < -0.3 is 15.0 Å². The van der Waals surface area contributed by atoms with Crippen molar-refractivity contribution in [1.29, 1.82) is 0 Å². The number of aromatic amines is 1. The first-order valence-corrected chi connectivity index (χ1v) is 6.78. The summed E-state index contributed by atoms with van der Waals surface area (Å²) in [7, 11) is 0. The van der Waals surface area contributed by atoms with Crippen molar-refractivity contribution in [2.75, 3.05) is 18.5 Å². The molecule has 0 saturated heterocycles. The second-order valence-corrected chi connectivity index (χ2v) is 5.04. The molecule has 1 aliphatic carbocycles. The lowest BCUT2D eigenvalue weighted by molar-refractivity contribution is -0.0204. The molecule has 0 bridgehead atoms. The zero-order valence-electron chi connectivity index (χ0n) is 10.8. The fourth-order valence-corrected chi connectivity index (χ4v) is 2.70. The first-order valence-electron chi connectivity index (χ1n) is 6.78. The number of anilines is 1. The molecule has 3 rings (SSSR count). The molecular formula is C15H20N2O. The Labute approximate surface area is 108 Å². The van der Waals surface area contributed by atoms with Crippen LogP contribution in [0, 0.1) is 5.92 Å². The maximum Gasteiger partial charge on any atom is 0.0689 e. The van der Waals surface area contributed by atoms with Crippen molar-refractivity contribution in [2.24, 2.45) is 5.92 Å². The number of nitrogens with one attached hydrogen (secondary N) is 2. The quantitative estimate of drug-likeness (QED) is 0.846. The Bertz CT molecular complexity index is 514. The number of hydrogen-bond acceptors (Lipinski definition) is 2. The third-order valence-corrected chi connectivity index (χ3v) is 3.76. The topological polar surface area (TPSA) is 37.0 Å². The van der Waals surface area contributed by atoms with Crippen LogP contribution in [0.1, 0.15) is 19.8 Å². The summed E-state index contributed by atoms with van der Waals surface area (Å²) in [6, 6.07) is 8.47. The van der Waals surface area contributed by atoms with Crippen molar-refractivity contribution < 1.29 is 4.74 Å². The second kappa shape index (κ2) is 5.02. The Morgan fingerprint density at radius 3 is 3.06 bits per heavy atom. The minimum absolute atomic E-state index is 0.503. The summed E-state index contributed by atoms with van der Waals surface area (Å²) in [5, 5.41) is 4.82. The zero-order chi connectivity index (χ0) is 12.4. The number of H-pyrrole nitrogens is 1. The molecule has 0 radical (unpaired) electrons. The molecular weight excluding hydrogens is 224 g/mol. The third-order valence-electron chi connectivity index (χ3n) is 3.76. The van der Waals surface area contributed by atoms with Crippen molar-refractivity contribution in [2.45, 2.75) is 25.9 Å². The normalized spacial score (nSPS) is 22.9. The van der Waals surface area contributed by atoms with E-state index in [2.05, 4.69) is 41.5 Å². The number of fused-ring (bicyclic) bond motifs is 1. The summed E-state index contributed by atoms with van der Waals surface area (Å²) >= 11 is 0. The van der Waals surface area contributed by atoms with Gasteiger partial charge in [0.15, 0.2) is 0 Å². The largest absolute Gasteiger partial charge is 0.383 e. The van der Waals surface area contributed by atoms with Gasteiger partial charge in [-0.05, 0) is 37.8 Å². The lowest BCUT2D eigenvalue weighted by Gasteiger charge is -2.35. The van der Waals surface area contributed by atoms with Gasteiger partial charge in [-0.25, -0.2) is 0 Å². The molecule has 2 aromatic rings. The van der Waals surface area contributed by atoms with Gasteiger partial charge in [-0.3, -0.25) is 0 Å².